The molecular weight excluding hydrogens is 368 g/mol. The Morgan fingerprint density at radius 2 is 1.82 bits per heavy atom. The third kappa shape index (κ3) is 5.32. The molecule has 1 N–H and O–H groups in total. The van der Waals surface area contributed by atoms with E-state index in [1.54, 1.807) is 0 Å². The predicted octanol–water partition coefficient (Wildman–Crippen LogP) is 3.59. The van der Waals surface area contributed by atoms with Gasteiger partial charge in [0.2, 0.25) is 0 Å². The number of hydrogen-bond acceptors (Lipinski definition) is 5. The highest BCUT2D eigenvalue weighted by Gasteiger charge is 2.22. The molecule has 1 aliphatic heterocycles. The van der Waals surface area contributed by atoms with Crippen LogP contribution >= 0.6 is 11.3 Å². The van der Waals surface area contributed by atoms with E-state index in [1.807, 2.05) is 6.92 Å². The molecule has 0 saturated carbocycles. The fraction of sp³-hybridized carbons (Fsp3) is 0.545. The van der Waals surface area contributed by atoms with Gasteiger partial charge in [0.25, 0.3) is 5.91 Å². The molecule has 0 aliphatic carbocycles. The third-order valence-corrected chi connectivity index (χ3v) is 6.43. The van der Waals surface area contributed by atoms with Crippen molar-refractivity contribution in [2.24, 2.45) is 5.92 Å². The minimum atomic E-state index is 0.0137. The van der Waals surface area contributed by atoms with Crippen LogP contribution in [0, 0.1) is 12.8 Å². The summed E-state index contributed by atoms with van der Waals surface area (Å²) in [5.41, 5.74) is 2.14. The Morgan fingerprint density at radius 1 is 1.14 bits per heavy atom. The van der Waals surface area contributed by atoms with Gasteiger partial charge in [-0.05, 0) is 31.9 Å². The Balaban J connectivity index is 1.47. The van der Waals surface area contributed by atoms with Crippen molar-refractivity contribution >= 4 is 22.9 Å². The summed E-state index contributed by atoms with van der Waals surface area (Å²) in [5, 5.41) is 4.18. The van der Waals surface area contributed by atoms with Crippen LogP contribution < -0.4 is 10.2 Å². The van der Waals surface area contributed by atoms with Crippen molar-refractivity contribution in [3.63, 3.8) is 0 Å². The molecule has 0 bridgehead atoms. The van der Waals surface area contributed by atoms with Gasteiger partial charge in [-0.1, -0.05) is 32.0 Å². The van der Waals surface area contributed by atoms with Crippen molar-refractivity contribution in [2.75, 3.05) is 37.6 Å². The van der Waals surface area contributed by atoms with Gasteiger partial charge in [0.15, 0.2) is 0 Å². The molecule has 1 aromatic carbocycles. The van der Waals surface area contributed by atoms with E-state index in [0.717, 1.165) is 48.2 Å². The SMILES string of the molecule is Cc1nc(CC(C)C)sc1C(=O)NCC(C)N1CCN(c2ccccc2)CC1. The molecular formula is C22H32N4OS. The molecule has 5 nitrogen and oxygen atoms in total. The number of nitrogens with zero attached hydrogens (tertiary/aromatic N) is 3. The number of amides is 1. The average molecular weight is 401 g/mol. The summed E-state index contributed by atoms with van der Waals surface area (Å²) in [7, 11) is 0. The third-order valence-electron chi connectivity index (χ3n) is 5.25. The first-order chi connectivity index (χ1) is 13.4. The maximum absolute atomic E-state index is 12.6. The molecule has 1 fully saturated rings. The summed E-state index contributed by atoms with van der Waals surface area (Å²) in [4.78, 5) is 22.8. The van der Waals surface area contributed by atoms with E-state index < -0.39 is 0 Å². The monoisotopic (exact) mass is 400 g/mol. The van der Waals surface area contributed by atoms with Crippen molar-refractivity contribution in [2.45, 2.75) is 40.2 Å². The zero-order chi connectivity index (χ0) is 20.1. The zero-order valence-electron chi connectivity index (χ0n) is 17.4. The van der Waals surface area contributed by atoms with Crippen LogP contribution in [-0.2, 0) is 6.42 Å². The molecule has 1 atom stereocenters. The van der Waals surface area contributed by atoms with Crippen LogP contribution in [0.15, 0.2) is 30.3 Å². The largest absolute Gasteiger partial charge is 0.369 e. The molecule has 1 unspecified atom stereocenters. The highest BCUT2D eigenvalue weighted by molar-refractivity contribution is 7.13. The molecule has 1 aliphatic rings. The molecule has 1 amide bonds. The van der Waals surface area contributed by atoms with Crippen molar-refractivity contribution < 1.29 is 4.79 Å². The first-order valence-corrected chi connectivity index (χ1v) is 11.0. The van der Waals surface area contributed by atoms with E-state index in [-0.39, 0.29) is 5.91 Å². The van der Waals surface area contributed by atoms with Crippen molar-refractivity contribution in [1.29, 1.82) is 0 Å². The molecule has 2 aromatic rings. The Hall–Kier alpha value is -1.92. The van der Waals surface area contributed by atoms with E-state index in [4.69, 9.17) is 0 Å². The summed E-state index contributed by atoms with van der Waals surface area (Å²) >= 11 is 1.54. The lowest BCUT2D eigenvalue weighted by Gasteiger charge is -2.39. The minimum absolute atomic E-state index is 0.0137. The minimum Gasteiger partial charge on any atom is -0.369 e. The Kier molecular flexibility index (Phi) is 7.08. The second-order valence-electron chi connectivity index (χ2n) is 8.04. The van der Waals surface area contributed by atoms with Crippen LogP contribution in [0.4, 0.5) is 5.69 Å². The molecule has 152 valence electrons. The zero-order valence-corrected chi connectivity index (χ0v) is 18.3. The number of aryl methyl sites for hydroxylation is 1. The summed E-state index contributed by atoms with van der Waals surface area (Å²) in [6, 6.07) is 10.9. The van der Waals surface area contributed by atoms with E-state index in [1.165, 1.54) is 17.0 Å². The average Bonchev–Trinajstić information content (AvgIpc) is 3.06. The van der Waals surface area contributed by atoms with Gasteiger partial charge in [-0.15, -0.1) is 11.3 Å². The number of para-hydroxylation sites is 1. The standard InChI is InChI=1S/C22H32N4OS/c1-16(2)14-20-24-18(4)21(28-20)22(27)23-15-17(3)25-10-12-26(13-11-25)19-8-6-5-7-9-19/h5-9,16-17H,10-15H2,1-4H3,(H,23,27). The number of carbonyl (C=O) groups is 1. The van der Waals surface area contributed by atoms with Crippen LogP contribution in [0.2, 0.25) is 0 Å². The highest BCUT2D eigenvalue weighted by atomic mass is 32.1. The number of anilines is 1. The first-order valence-electron chi connectivity index (χ1n) is 10.2. The molecule has 1 saturated heterocycles. The number of carbonyl (C=O) groups excluding carboxylic acids is 1. The Labute approximate surface area is 172 Å². The number of nitrogens with one attached hydrogen (secondary N) is 1. The molecule has 6 heteroatoms. The van der Waals surface area contributed by atoms with Crippen LogP contribution in [0.5, 0.6) is 0 Å². The topological polar surface area (TPSA) is 48.5 Å². The van der Waals surface area contributed by atoms with Crippen LogP contribution in [0.3, 0.4) is 0 Å². The summed E-state index contributed by atoms with van der Waals surface area (Å²) in [6.45, 7) is 13.2. The number of benzene rings is 1. The van der Waals surface area contributed by atoms with Crippen molar-refractivity contribution in [3.05, 3.63) is 45.9 Å². The van der Waals surface area contributed by atoms with Gasteiger partial charge in [-0.3, -0.25) is 9.69 Å². The van der Waals surface area contributed by atoms with Crippen LogP contribution in [-0.4, -0.2) is 54.6 Å². The molecule has 0 radical (unpaired) electrons. The first kappa shape index (κ1) is 20.8. The Morgan fingerprint density at radius 3 is 2.46 bits per heavy atom. The quantitative estimate of drug-likeness (QED) is 0.772. The fourth-order valence-electron chi connectivity index (χ4n) is 3.61. The second kappa shape index (κ2) is 9.52. The lowest BCUT2D eigenvalue weighted by molar-refractivity contribution is 0.0937. The van der Waals surface area contributed by atoms with Gasteiger partial charge >= 0.3 is 0 Å². The predicted molar refractivity (Wildman–Crippen MR) is 117 cm³/mol. The molecule has 0 spiro atoms. The number of thiazole rings is 1. The molecule has 2 heterocycles. The molecule has 28 heavy (non-hydrogen) atoms. The summed E-state index contributed by atoms with van der Waals surface area (Å²) in [6.07, 6.45) is 0.931. The smallest absolute Gasteiger partial charge is 0.263 e. The fourth-order valence-corrected chi connectivity index (χ4v) is 4.80. The van der Waals surface area contributed by atoms with Gasteiger partial charge in [0.05, 0.1) is 10.7 Å². The van der Waals surface area contributed by atoms with Gasteiger partial charge in [0.1, 0.15) is 4.88 Å². The summed E-state index contributed by atoms with van der Waals surface area (Å²) < 4.78 is 0. The van der Waals surface area contributed by atoms with E-state index in [2.05, 4.69) is 71.2 Å². The second-order valence-corrected chi connectivity index (χ2v) is 9.12. The number of aromatic nitrogens is 1. The Bertz CT molecular complexity index is 766. The van der Waals surface area contributed by atoms with E-state index >= 15 is 0 Å². The highest BCUT2D eigenvalue weighted by Crippen LogP contribution is 2.21. The van der Waals surface area contributed by atoms with Crippen LogP contribution in [0.1, 0.15) is 41.1 Å². The maximum atomic E-state index is 12.6. The number of hydrogen-bond donors (Lipinski definition) is 1. The molecule has 1 aromatic heterocycles. The number of rotatable bonds is 7. The summed E-state index contributed by atoms with van der Waals surface area (Å²) in [5.74, 6) is 0.566. The lowest BCUT2D eigenvalue weighted by Crippen LogP contribution is -2.52. The normalized spacial score (nSPS) is 16.4. The van der Waals surface area contributed by atoms with Gasteiger partial charge in [-0.25, -0.2) is 4.98 Å². The van der Waals surface area contributed by atoms with E-state index in [0.29, 0.717) is 18.5 Å². The van der Waals surface area contributed by atoms with E-state index in [9.17, 15) is 4.79 Å². The van der Waals surface area contributed by atoms with Gasteiger partial charge < -0.3 is 10.2 Å². The van der Waals surface area contributed by atoms with Crippen LogP contribution in [0.25, 0.3) is 0 Å². The molecule has 3 rings (SSSR count). The number of piperazine rings is 1. The van der Waals surface area contributed by atoms with Gasteiger partial charge in [-0.2, -0.15) is 0 Å². The lowest BCUT2D eigenvalue weighted by atomic mass is 10.1. The van der Waals surface area contributed by atoms with Crippen molar-refractivity contribution in [3.8, 4) is 0 Å². The maximum Gasteiger partial charge on any atom is 0.263 e. The van der Waals surface area contributed by atoms with Gasteiger partial charge in [0, 0.05) is 50.9 Å². The van der Waals surface area contributed by atoms with Crippen molar-refractivity contribution in [1.82, 2.24) is 15.2 Å².